The summed E-state index contributed by atoms with van der Waals surface area (Å²) in [5.74, 6) is -2.96. The number of carbonyl (C=O) groups excluding carboxylic acids is 2. The Morgan fingerprint density at radius 1 is 1.07 bits per heavy atom. The molecule has 4 aromatic rings. The van der Waals surface area contributed by atoms with Crippen LogP contribution in [0.2, 0.25) is 0 Å². The number of oxazole rings is 1. The molecule has 206 valence electrons. The maximum atomic E-state index is 14.1. The summed E-state index contributed by atoms with van der Waals surface area (Å²) in [7, 11) is 0. The van der Waals surface area contributed by atoms with Crippen LogP contribution in [-0.4, -0.2) is 16.8 Å². The van der Waals surface area contributed by atoms with Crippen LogP contribution in [-0.2, 0) is 23.3 Å². The Balaban J connectivity index is 1.45. The van der Waals surface area contributed by atoms with Gasteiger partial charge in [-0.3, -0.25) is 9.59 Å². The predicted octanol–water partition coefficient (Wildman–Crippen LogP) is 6.73. The quantitative estimate of drug-likeness (QED) is 0.233. The van der Waals surface area contributed by atoms with Gasteiger partial charge in [-0.25, -0.2) is 18.2 Å². The largest absolute Gasteiger partial charge is 0.441 e. The van der Waals surface area contributed by atoms with Crippen molar-refractivity contribution in [3.8, 4) is 11.5 Å². The summed E-state index contributed by atoms with van der Waals surface area (Å²) >= 11 is 2.08. The van der Waals surface area contributed by atoms with Crippen LogP contribution in [0.5, 0.6) is 0 Å². The van der Waals surface area contributed by atoms with E-state index in [0.29, 0.717) is 38.7 Å². The van der Waals surface area contributed by atoms with Crippen molar-refractivity contribution in [2.45, 2.75) is 46.2 Å². The molecule has 1 aliphatic heterocycles. The smallest absolute Gasteiger partial charge is 0.251 e. The molecule has 2 heterocycles. The molecule has 0 unspecified atom stereocenters. The molecular formula is C30H25F3IN3O3. The molecule has 0 saturated carbocycles. The van der Waals surface area contributed by atoms with Crippen LogP contribution in [0, 0.1) is 34.9 Å². The van der Waals surface area contributed by atoms with Gasteiger partial charge in [-0.1, -0.05) is 17.7 Å². The molecule has 0 fully saturated rings. The number of anilines is 1. The van der Waals surface area contributed by atoms with Crippen molar-refractivity contribution in [1.29, 1.82) is 0 Å². The van der Waals surface area contributed by atoms with Gasteiger partial charge in [-0.15, -0.1) is 0 Å². The van der Waals surface area contributed by atoms with Gasteiger partial charge in [0.1, 0.15) is 28.9 Å². The summed E-state index contributed by atoms with van der Waals surface area (Å²) in [6.45, 7) is 7.07. The van der Waals surface area contributed by atoms with Gasteiger partial charge in [0.2, 0.25) is 11.8 Å². The number of halogens is 4. The standard InChI is InChI=1S/C30H25F3IN3O3/c1-15-6-5-7-17(8-15)28-36-24(16(2)40-28)14-37-25-10-18(9-23(34)26(25)30(3,4)29(37)39)27(38)35-13-20-21(32)11-19(31)12-22(20)33/h5-12H,13-14H2,1-4H3,(H,35,38). The molecular weight excluding hydrogens is 634 g/mol. The first-order chi connectivity index (χ1) is 18.9. The Labute approximate surface area is 242 Å². The van der Waals surface area contributed by atoms with Gasteiger partial charge >= 0.3 is 0 Å². The Bertz CT molecular complexity index is 1660. The molecule has 0 aliphatic carbocycles. The fraction of sp³-hybridized carbons (Fsp3) is 0.233. The second kappa shape index (κ2) is 10.4. The number of rotatable bonds is 6. The lowest BCUT2D eigenvalue weighted by Crippen LogP contribution is -2.36. The average molecular weight is 659 g/mol. The number of amides is 2. The van der Waals surface area contributed by atoms with Crippen LogP contribution in [0.1, 0.15) is 52.3 Å². The molecule has 0 bridgehead atoms. The van der Waals surface area contributed by atoms with Crippen LogP contribution in [0.4, 0.5) is 18.9 Å². The van der Waals surface area contributed by atoms with Crippen molar-refractivity contribution in [2.24, 2.45) is 0 Å². The summed E-state index contributed by atoms with van der Waals surface area (Å²) < 4.78 is 48.0. The maximum absolute atomic E-state index is 14.1. The van der Waals surface area contributed by atoms with Gasteiger partial charge in [0.05, 0.1) is 17.6 Å². The Kier molecular flexibility index (Phi) is 7.24. The van der Waals surface area contributed by atoms with Gasteiger partial charge < -0.3 is 14.6 Å². The van der Waals surface area contributed by atoms with Crippen molar-refractivity contribution in [1.82, 2.24) is 10.3 Å². The van der Waals surface area contributed by atoms with E-state index in [0.717, 1.165) is 16.7 Å². The van der Waals surface area contributed by atoms with Crippen LogP contribution in [0.15, 0.2) is 52.9 Å². The monoisotopic (exact) mass is 659 g/mol. The third-order valence-corrected chi connectivity index (χ3v) is 7.88. The fourth-order valence-electron chi connectivity index (χ4n) is 4.90. The first kappa shape index (κ1) is 27.9. The van der Waals surface area contributed by atoms with E-state index in [1.165, 1.54) is 0 Å². The van der Waals surface area contributed by atoms with Crippen LogP contribution >= 0.6 is 22.6 Å². The molecule has 40 heavy (non-hydrogen) atoms. The number of aryl methyl sites for hydroxylation is 2. The highest BCUT2D eigenvalue weighted by atomic mass is 127. The normalized spacial score (nSPS) is 14.0. The summed E-state index contributed by atoms with van der Waals surface area (Å²) in [6, 6.07) is 12.1. The molecule has 6 nitrogen and oxygen atoms in total. The van der Waals surface area contributed by atoms with E-state index >= 15 is 0 Å². The molecule has 0 spiro atoms. The molecule has 10 heteroatoms. The number of nitrogens with one attached hydrogen (secondary N) is 1. The minimum absolute atomic E-state index is 0.129. The fourth-order valence-corrected chi connectivity index (χ4v) is 6.19. The van der Waals surface area contributed by atoms with Crippen molar-refractivity contribution in [3.05, 3.63) is 103 Å². The SMILES string of the molecule is Cc1cccc(-c2nc(CN3C(=O)C(C)(C)c4c(I)cc(C(=O)NCc5c(F)cc(F)cc5F)cc43)c(C)o2)c1. The van der Waals surface area contributed by atoms with Gasteiger partial charge in [0.25, 0.3) is 5.91 Å². The molecule has 5 rings (SSSR count). The number of carbonyl (C=O) groups is 2. The number of fused-ring (bicyclic) bond motifs is 1. The highest BCUT2D eigenvalue weighted by Crippen LogP contribution is 2.45. The van der Waals surface area contributed by atoms with E-state index < -0.39 is 40.9 Å². The van der Waals surface area contributed by atoms with Crippen molar-refractivity contribution >= 4 is 40.1 Å². The Hall–Kier alpha value is -3.67. The zero-order valence-electron chi connectivity index (χ0n) is 22.2. The molecule has 2 amide bonds. The molecule has 1 aliphatic rings. The highest BCUT2D eigenvalue weighted by Gasteiger charge is 2.46. The van der Waals surface area contributed by atoms with E-state index in [-0.39, 0.29) is 18.0 Å². The molecule has 1 N–H and O–H groups in total. The lowest BCUT2D eigenvalue weighted by molar-refractivity contribution is -0.122. The first-order valence-electron chi connectivity index (χ1n) is 12.5. The minimum Gasteiger partial charge on any atom is -0.441 e. The van der Waals surface area contributed by atoms with E-state index in [1.54, 1.807) is 24.0 Å². The number of hydrogen-bond donors (Lipinski definition) is 1. The number of aromatic nitrogens is 1. The zero-order valence-corrected chi connectivity index (χ0v) is 24.3. The third-order valence-electron chi connectivity index (χ3n) is 7.02. The molecule has 1 aromatic heterocycles. The van der Waals surface area contributed by atoms with Gasteiger partial charge in [0, 0.05) is 44.5 Å². The average Bonchev–Trinajstić information content (AvgIpc) is 3.33. The predicted molar refractivity (Wildman–Crippen MR) is 152 cm³/mol. The number of benzene rings is 3. The van der Waals surface area contributed by atoms with Gasteiger partial charge in [-0.2, -0.15) is 0 Å². The minimum atomic E-state index is -1.09. The molecule has 0 atom stereocenters. The van der Waals surface area contributed by atoms with Gasteiger partial charge in [0.15, 0.2) is 0 Å². The molecule has 0 saturated heterocycles. The summed E-state index contributed by atoms with van der Waals surface area (Å²) in [6.07, 6.45) is 0. The molecule has 3 aromatic carbocycles. The van der Waals surface area contributed by atoms with Crippen LogP contribution < -0.4 is 10.2 Å². The van der Waals surface area contributed by atoms with E-state index in [4.69, 9.17) is 4.42 Å². The second-order valence-corrected chi connectivity index (χ2v) is 11.5. The van der Waals surface area contributed by atoms with Crippen LogP contribution in [0.25, 0.3) is 11.5 Å². The summed E-state index contributed by atoms with van der Waals surface area (Å²) in [4.78, 5) is 32.9. The Morgan fingerprint density at radius 2 is 1.77 bits per heavy atom. The third kappa shape index (κ3) is 5.00. The van der Waals surface area contributed by atoms with E-state index in [9.17, 15) is 22.8 Å². The first-order valence-corrected chi connectivity index (χ1v) is 13.6. The highest BCUT2D eigenvalue weighted by molar-refractivity contribution is 14.1. The summed E-state index contributed by atoms with van der Waals surface area (Å²) in [5.41, 5.74) is 2.68. The van der Waals surface area contributed by atoms with Crippen molar-refractivity contribution < 1.29 is 27.2 Å². The van der Waals surface area contributed by atoms with E-state index in [2.05, 4.69) is 32.9 Å². The Morgan fingerprint density at radius 3 is 2.45 bits per heavy atom. The lowest BCUT2D eigenvalue weighted by atomic mass is 9.86. The lowest BCUT2D eigenvalue weighted by Gasteiger charge is -2.19. The zero-order chi connectivity index (χ0) is 28.9. The second-order valence-electron chi connectivity index (χ2n) is 10.3. The van der Waals surface area contributed by atoms with Crippen molar-refractivity contribution in [2.75, 3.05) is 4.90 Å². The number of nitrogens with zero attached hydrogens (tertiary/aromatic N) is 2. The molecule has 0 radical (unpaired) electrons. The van der Waals surface area contributed by atoms with Crippen molar-refractivity contribution in [3.63, 3.8) is 0 Å². The number of hydrogen-bond acceptors (Lipinski definition) is 4. The van der Waals surface area contributed by atoms with Crippen LogP contribution in [0.3, 0.4) is 0 Å². The van der Waals surface area contributed by atoms with Gasteiger partial charge in [-0.05, 0) is 74.6 Å². The topological polar surface area (TPSA) is 75.4 Å². The van der Waals surface area contributed by atoms with E-state index in [1.807, 2.05) is 45.0 Å². The maximum Gasteiger partial charge on any atom is 0.251 e. The summed E-state index contributed by atoms with van der Waals surface area (Å²) in [5, 5.41) is 2.49.